The van der Waals surface area contributed by atoms with Crippen molar-refractivity contribution >= 4 is 29.1 Å². The molecule has 0 unspecified atom stereocenters. The molecule has 1 aliphatic rings. The largest absolute Gasteiger partial charge is 0.378 e. The summed E-state index contributed by atoms with van der Waals surface area (Å²) in [5.74, 6) is -1.76. The highest BCUT2D eigenvalue weighted by Crippen LogP contribution is 2.26. The average Bonchev–Trinajstić information content (AvgIpc) is 3.10. The van der Waals surface area contributed by atoms with Gasteiger partial charge >= 0.3 is 0 Å². The predicted octanol–water partition coefficient (Wildman–Crippen LogP) is 4.90. The Kier molecular flexibility index (Phi) is 10.6. The van der Waals surface area contributed by atoms with E-state index in [2.05, 4.69) is 20.5 Å². The minimum atomic E-state index is -0.536. The third kappa shape index (κ3) is 7.81. The molecule has 2 heterocycles. The Morgan fingerprint density at radius 1 is 0.957 bits per heavy atom. The minimum Gasteiger partial charge on any atom is -0.378 e. The molecule has 1 atom stereocenters. The van der Waals surface area contributed by atoms with Gasteiger partial charge in [0.1, 0.15) is 5.82 Å². The molecule has 1 aliphatic heterocycles. The lowest BCUT2D eigenvalue weighted by Gasteiger charge is -2.29. The summed E-state index contributed by atoms with van der Waals surface area (Å²) >= 11 is 0. The van der Waals surface area contributed by atoms with Crippen LogP contribution in [0, 0.1) is 11.7 Å². The van der Waals surface area contributed by atoms with Crippen LogP contribution in [0.3, 0.4) is 0 Å². The van der Waals surface area contributed by atoms with E-state index in [1.165, 1.54) is 35.0 Å². The number of rotatable bonds is 11. The Hall–Kier alpha value is -5.16. The lowest BCUT2D eigenvalue weighted by molar-refractivity contribution is -0.119. The number of carbonyl (C=O) groups excluding carboxylic acids is 3. The highest BCUT2D eigenvalue weighted by molar-refractivity contribution is 6.09. The van der Waals surface area contributed by atoms with Crippen molar-refractivity contribution in [3.63, 3.8) is 0 Å². The van der Waals surface area contributed by atoms with Crippen LogP contribution in [0.25, 0.3) is 11.3 Å². The highest BCUT2D eigenvalue weighted by atomic mass is 19.1. The van der Waals surface area contributed by atoms with Crippen LogP contribution >= 0.6 is 0 Å². The van der Waals surface area contributed by atoms with Crippen LogP contribution in [0.5, 0.6) is 0 Å². The maximum absolute atomic E-state index is 14.1. The molecule has 10 nitrogen and oxygen atoms in total. The summed E-state index contributed by atoms with van der Waals surface area (Å²) < 4.78 is 20.7. The summed E-state index contributed by atoms with van der Waals surface area (Å²) in [4.78, 5) is 59.6. The first kappa shape index (κ1) is 33.2. The number of aromatic nitrogens is 2. The van der Waals surface area contributed by atoms with Crippen LogP contribution in [0.4, 0.5) is 15.9 Å². The zero-order valence-corrected chi connectivity index (χ0v) is 26.7. The Balaban J connectivity index is 1.63. The van der Waals surface area contributed by atoms with Crippen molar-refractivity contribution in [3.05, 3.63) is 111 Å². The number of hydrogen-bond acceptors (Lipinski definition) is 7. The molecule has 1 saturated heterocycles. The summed E-state index contributed by atoms with van der Waals surface area (Å²) in [6.07, 6.45) is 2.09. The van der Waals surface area contributed by atoms with Gasteiger partial charge in [-0.1, -0.05) is 26.0 Å². The smallest absolute Gasteiger partial charge is 0.294 e. The summed E-state index contributed by atoms with van der Waals surface area (Å²) in [6.45, 7) is 8.25. The molecule has 1 fully saturated rings. The molecule has 0 radical (unpaired) electrons. The van der Waals surface area contributed by atoms with E-state index in [1.54, 1.807) is 43.3 Å². The number of ether oxygens (including phenoxy) is 1. The number of amides is 2. The summed E-state index contributed by atoms with van der Waals surface area (Å²) in [7, 11) is 0. The highest BCUT2D eigenvalue weighted by Gasteiger charge is 2.21. The van der Waals surface area contributed by atoms with E-state index < -0.39 is 11.4 Å². The first-order valence-electron chi connectivity index (χ1n) is 15.7. The molecule has 3 aromatic carbocycles. The Morgan fingerprint density at radius 3 is 2.40 bits per heavy atom. The van der Waals surface area contributed by atoms with Gasteiger partial charge in [-0.05, 0) is 73.5 Å². The monoisotopic (exact) mass is 639 g/mol. The molecule has 0 bridgehead atoms. The minimum absolute atomic E-state index is 0.0240. The van der Waals surface area contributed by atoms with Gasteiger partial charge in [-0.3, -0.25) is 23.7 Å². The molecule has 244 valence electrons. The third-order valence-electron chi connectivity index (χ3n) is 8.18. The predicted molar refractivity (Wildman–Crippen MR) is 178 cm³/mol. The fourth-order valence-electron chi connectivity index (χ4n) is 5.32. The number of morpholine rings is 1. The van der Waals surface area contributed by atoms with E-state index in [-0.39, 0.29) is 35.9 Å². The van der Waals surface area contributed by atoms with Crippen molar-refractivity contribution in [2.75, 3.05) is 43.1 Å². The Labute approximate surface area is 272 Å². The number of ketones is 1. The fourth-order valence-corrected chi connectivity index (χ4v) is 5.32. The van der Waals surface area contributed by atoms with Crippen molar-refractivity contribution in [2.24, 2.45) is 5.92 Å². The zero-order valence-electron chi connectivity index (χ0n) is 26.7. The number of halogens is 1. The normalized spacial score (nSPS) is 13.6. The zero-order chi connectivity index (χ0) is 33.5. The maximum Gasteiger partial charge on any atom is 0.294 e. The molecular formula is C36H38FN5O5. The average molecular weight is 640 g/mol. The number of carbonyl (C=O) groups is 3. The molecule has 2 amide bonds. The molecular weight excluding hydrogens is 601 g/mol. The summed E-state index contributed by atoms with van der Waals surface area (Å²) in [5.41, 5.74) is 3.01. The first-order chi connectivity index (χ1) is 22.7. The van der Waals surface area contributed by atoms with Crippen LogP contribution in [-0.2, 0) is 16.1 Å². The van der Waals surface area contributed by atoms with Gasteiger partial charge in [0.05, 0.1) is 31.6 Å². The van der Waals surface area contributed by atoms with Gasteiger partial charge in [-0.25, -0.2) is 9.37 Å². The number of anilines is 2. The number of hydrogen-bond donors (Lipinski definition) is 2. The molecule has 47 heavy (non-hydrogen) atoms. The van der Waals surface area contributed by atoms with Crippen LogP contribution in [0.15, 0.2) is 77.7 Å². The Bertz CT molecular complexity index is 1830. The molecule has 11 heteroatoms. The van der Waals surface area contributed by atoms with Gasteiger partial charge in [-0.2, -0.15) is 0 Å². The van der Waals surface area contributed by atoms with Crippen molar-refractivity contribution in [1.82, 2.24) is 14.9 Å². The summed E-state index contributed by atoms with van der Waals surface area (Å²) in [6, 6.07) is 17.7. The SMILES string of the molecule is CCNC(=O)c1cccc(-c2cnc(NC(=O)[C@H](C)CC)c(=O)n2Cc2cc(C(=O)c3ccc(F)cc3)cc(N3CCOCC3)c2)c1. The van der Waals surface area contributed by atoms with Gasteiger partial charge in [0.15, 0.2) is 11.6 Å². The second-order valence-corrected chi connectivity index (χ2v) is 11.4. The summed E-state index contributed by atoms with van der Waals surface area (Å²) in [5, 5.41) is 5.46. The lowest BCUT2D eigenvalue weighted by atomic mass is 9.99. The lowest BCUT2D eigenvalue weighted by Crippen LogP contribution is -2.36. The molecule has 0 aliphatic carbocycles. The van der Waals surface area contributed by atoms with Crippen molar-refractivity contribution in [1.29, 1.82) is 0 Å². The van der Waals surface area contributed by atoms with Crippen LogP contribution in [-0.4, -0.2) is 60.0 Å². The molecule has 1 aromatic heterocycles. The van der Waals surface area contributed by atoms with E-state index in [9.17, 15) is 23.6 Å². The van der Waals surface area contributed by atoms with Gasteiger partial charge in [0.2, 0.25) is 5.91 Å². The maximum atomic E-state index is 14.1. The number of nitrogens with zero attached hydrogens (tertiary/aromatic N) is 3. The van der Waals surface area contributed by atoms with Crippen molar-refractivity contribution in [2.45, 2.75) is 33.7 Å². The second kappa shape index (κ2) is 15.0. The molecule has 0 spiro atoms. The van der Waals surface area contributed by atoms with E-state index in [1.807, 2.05) is 19.9 Å². The van der Waals surface area contributed by atoms with Crippen LogP contribution in [0.2, 0.25) is 0 Å². The molecule has 5 rings (SSSR count). The van der Waals surface area contributed by atoms with Crippen LogP contribution in [0.1, 0.15) is 59.0 Å². The number of benzene rings is 3. The first-order valence-corrected chi connectivity index (χ1v) is 15.7. The van der Waals surface area contributed by atoms with Gasteiger partial charge in [0.25, 0.3) is 11.5 Å². The van der Waals surface area contributed by atoms with Gasteiger partial charge in [-0.15, -0.1) is 0 Å². The standard InChI is InChI=1S/C36H38FN5O5/c1-4-23(3)34(44)40-33-36(46)42(31(21-39-33)26-7-6-8-27(19-26)35(45)38-5-2)22-24-17-28(32(43)25-9-11-29(37)12-10-25)20-30(18-24)41-13-15-47-16-14-41/h6-12,17-21,23H,4-5,13-16,22H2,1-3H3,(H,38,45)(H,39,40,44)/t23-/m1/s1. The van der Waals surface area contributed by atoms with E-state index in [0.717, 1.165) is 5.69 Å². The quantitative estimate of drug-likeness (QED) is 0.224. The number of nitrogens with one attached hydrogen (secondary N) is 2. The van der Waals surface area contributed by atoms with E-state index in [4.69, 9.17) is 4.74 Å². The topological polar surface area (TPSA) is 123 Å². The van der Waals surface area contributed by atoms with Crippen LogP contribution < -0.4 is 21.1 Å². The third-order valence-corrected chi connectivity index (χ3v) is 8.18. The van der Waals surface area contributed by atoms with Gasteiger partial charge < -0.3 is 20.3 Å². The van der Waals surface area contributed by atoms with Crippen molar-refractivity contribution < 1.29 is 23.5 Å². The fraction of sp³-hybridized carbons (Fsp3) is 0.306. The van der Waals surface area contributed by atoms with Gasteiger partial charge in [0, 0.05) is 53.5 Å². The molecule has 2 N–H and O–H groups in total. The van der Waals surface area contributed by atoms with E-state index in [0.29, 0.717) is 72.8 Å². The molecule has 0 saturated carbocycles. The second-order valence-electron chi connectivity index (χ2n) is 11.4. The van der Waals surface area contributed by atoms with Crippen molar-refractivity contribution in [3.8, 4) is 11.3 Å². The van der Waals surface area contributed by atoms with E-state index >= 15 is 0 Å². The molecule has 4 aromatic rings. The Morgan fingerprint density at radius 2 is 1.70 bits per heavy atom.